The first-order chi connectivity index (χ1) is 23.0. The Hall–Kier alpha value is -5.04. The molecule has 13 nitrogen and oxygen atoms in total. The number of rotatable bonds is 4. The van der Waals surface area contributed by atoms with E-state index in [1.54, 1.807) is 63.3 Å². The van der Waals surface area contributed by atoms with Crippen LogP contribution in [0.25, 0.3) is 0 Å². The summed E-state index contributed by atoms with van der Waals surface area (Å²) in [4.78, 5) is 70.2. The number of para-hydroxylation sites is 1. The molecule has 0 aliphatic carbocycles. The number of ketones is 1. The highest BCUT2D eigenvalue weighted by Crippen LogP contribution is 2.26. The molecule has 2 aliphatic rings. The molecule has 2 aliphatic heterocycles. The number of oxazole rings is 1. The molecule has 13 heteroatoms. The number of cyclic esters (lactones) is 1. The van der Waals surface area contributed by atoms with Crippen molar-refractivity contribution in [1.29, 1.82) is 0 Å². The Balaban J connectivity index is 1.54. The van der Waals surface area contributed by atoms with Crippen molar-refractivity contribution in [2.24, 2.45) is 11.8 Å². The Kier molecular flexibility index (Phi) is 12.8. The van der Waals surface area contributed by atoms with Crippen molar-refractivity contribution in [3.05, 3.63) is 84.1 Å². The highest BCUT2D eigenvalue weighted by molar-refractivity contribution is 5.95. The quantitative estimate of drug-likeness (QED) is 0.409. The van der Waals surface area contributed by atoms with Gasteiger partial charge in [-0.1, -0.05) is 61.9 Å². The fourth-order valence-electron chi connectivity index (χ4n) is 5.53. The zero-order valence-corrected chi connectivity index (χ0v) is 27.3. The van der Waals surface area contributed by atoms with E-state index in [0.717, 1.165) is 6.26 Å². The number of aliphatic hydroxyl groups is 1. The summed E-state index contributed by atoms with van der Waals surface area (Å²) in [5, 5.41) is 15.7. The number of ether oxygens (including phenoxy) is 2. The molecule has 48 heavy (non-hydrogen) atoms. The van der Waals surface area contributed by atoms with Gasteiger partial charge in [0.2, 0.25) is 11.8 Å². The number of esters is 1. The Morgan fingerprint density at radius 1 is 1.19 bits per heavy atom. The minimum absolute atomic E-state index is 0.0226. The van der Waals surface area contributed by atoms with Gasteiger partial charge in [0.1, 0.15) is 24.2 Å². The van der Waals surface area contributed by atoms with Crippen LogP contribution in [-0.2, 0) is 30.3 Å². The summed E-state index contributed by atoms with van der Waals surface area (Å²) in [6, 6.07) is 7.89. The zero-order chi connectivity index (χ0) is 34.6. The van der Waals surface area contributed by atoms with E-state index in [4.69, 9.17) is 13.9 Å². The van der Waals surface area contributed by atoms with Gasteiger partial charge in [0.05, 0.1) is 19.1 Å². The van der Waals surface area contributed by atoms with Crippen LogP contribution in [0, 0.1) is 11.8 Å². The van der Waals surface area contributed by atoms with Crippen LogP contribution in [0.4, 0.5) is 10.5 Å². The van der Waals surface area contributed by atoms with Crippen LogP contribution < -0.4 is 10.6 Å². The van der Waals surface area contributed by atoms with E-state index in [1.165, 1.54) is 17.1 Å². The topological polar surface area (TPSA) is 177 Å². The average molecular weight is 663 g/mol. The summed E-state index contributed by atoms with van der Waals surface area (Å²) in [6.45, 7) is 5.68. The van der Waals surface area contributed by atoms with Gasteiger partial charge in [-0.3, -0.25) is 19.7 Å². The van der Waals surface area contributed by atoms with Gasteiger partial charge in [-0.2, -0.15) is 0 Å². The van der Waals surface area contributed by atoms with Gasteiger partial charge in [0.25, 0.3) is 5.91 Å². The lowest BCUT2D eigenvalue weighted by atomic mass is 9.93. The van der Waals surface area contributed by atoms with Gasteiger partial charge in [-0.25, -0.2) is 14.6 Å². The molecule has 3 N–H and O–H groups in total. The SMILES string of the molecule is CC1=C[C@@H](O)CC(=O)Cc2nc(co2)C(=O)N2CCC[C@@H]2C(=O)O[C@H]([C@H](C)COC(=O)Nc2ccccc2)[C@H](C)/C=C/C(=O)NCC=C1. The highest BCUT2D eigenvalue weighted by atomic mass is 16.6. The molecular formula is C35H42N4O9. The van der Waals surface area contributed by atoms with Crippen LogP contribution >= 0.6 is 0 Å². The number of nitrogens with zero attached hydrogens (tertiary/aromatic N) is 2. The number of hydrogen-bond acceptors (Lipinski definition) is 10. The standard InChI is InChI=1S/C35H42N4O9/c1-22-9-7-15-36-30(42)14-13-23(2)32(24(3)20-47-35(45)37-25-10-5-4-6-11-25)48-34(44)29-12-8-16-39(29)33(43)28-21-46-31(38-28)19-27(41)18-26(40)17-22/h4-7,9-11,13-14,17,21,23-24,26,29,32,40H,8,12,15-16,18-20H2,1-3H3,(H,36,42)(H,37,45)/b9-7?,14-13+,22-17?/t23-,24-,26-,29-,32+/m1/s1. The van der Waals surface area contributed by atoms with E-state index in [-0.39, 0.29) is 55.8 Å². The summed E-state index contributed by atoms with van der Waals surface area (Å²) in [5.41, 5.74) is 1.19. The largest absolute Gasteiger partial charge is 0.460 e. The van der Waals surface area contributed by atoms with Crippen molar-refractivity contribution in [2.45, 2.75) is 64.7 Å². The number of fused-ring (bicyclic) bond motifs is 3. The molecule has 0 radical (unpaired) electrons. The molecule has 1 saturated heterocycles. The van der Waals surface area contributed by atoms with Crippen LogP contribution in [0.5, 0.6) is 0 Å². The molecule has 3 amide bonds. The number of anilines is 1. The highest BCUT2D eigenvalue weighted by Gasteiger charge is 2.39. The van der Waals surface area contributed by atoms with Gasteiger partial charge < -0.3 is 29.2 Å². The number of aliphatic hydroxyl groups excluding tert-OH is 1. The minimum Gasteiger partial charge on any atom is -0.460 e. The third-order valence-electron chi connectivity index (χ3n) is 7.95. The maximum atomic E-state index is 13.6. The molecule has 256 valence electrons. The fraction of sp³-hybridized carbons (Fsp3) is 0.429. The molecule has 1 aromatic heterocycles. The van der Waals surface area contributed by atoms with E-state index in [2.05, 4.69) is 15.6 Å². The molecule has 1 fully saturated rings. The first kappa shape index (κ1) is 35.8. The third kappa shape index (κ3) is 10.5. The number of allylic oxidation sites excluding steroid dienone is 2. The lowest BCUT2D eigenvalue weighted by Crippen LogP contribution is -2.44. The van der Waals surface area contributed by atoms with Crippen molar-refractivity contribution in [1.82, 2.24) is 15.2 Å². The van der Waals surface area contributed by atoms with Crippen molar-refractivity contribution >= 4 is 35.3 Å². The third-order valence-corrected chi connectivity index (χ3v) is 7.95. The van der Waals surface area contributed by atoms with Gasteiger partial charge >= 0.3 is 12.1 Å². The van der Waals surface area contributed by atoms with Crippen molar-refractivity contribution in [2.75, 3.05) is 25.0 Å². The number of Topliss-reactive ketones (excluding diaryl/α,β-unsaturated/α-hetero) is 1. The number of amides is 3. The zero-order valence-electron chi connectivity index (χ0n) is 27.3. The van der Waals surface area contributed by atoms with Crippen LogP contribution in [0.3, 0.4) is 0 Å². The molecule has 1 aromatic carbocycles. The number of aromatic nitrogens is 1. The van der Waals surface area contributed by atoms with Crippen LogP contribution in [0.2, 0.25) is 0 Å². The lowest BCUT2D eigenvalue weighted by molar-refractivity contribution is -0.159. The van der Waals surface area contributed by atoms with Crippen LogP contribution in [0.15, 0.2) is 77.0 Å². The van der Waals surface area contributed by atoms with Gasteiger partial charge in [-0.15, -0.1) is 0 Å². The fourth-order valence-corrected chi connectivity index (χ4v) is 5.53. The van der Waals surface area contributed by atoms with Crippen LogP contribution in [0.1, 0.15) is 56.4 Å². The first-order valence-corrected chi connectivity index (χ1v) is 16.0. The van der Waals surface area contributed by atoms with Gasteiger partial charge in [-0.05, 0) is 38.0 Å². The van der Waals surface area contributed by atoms with E-state index in [1.807, 2.05) is 6.07 Å². The summed E-state index contributed by atoms with van der Waals surface area (Å²) in [7, 11) is 0. The Bertz CT molecular complexity index is 1550. The number of carbonyl (C=O) groups is 5. The Labute approximate surface area is 279 Å². The molecule has 2 aromatic rings. The van der Waals surface area contributed by atoms with Crippen LogP contribution in [-0.4, -0.2) is 82.6 Å². The maximum absolute atomic E-state index is 13.6. The number of benzene rings is 1. The Morgan fingerprint density at radius 3 is 2.73 bits per heavy atom. The molecular weight excluding hydrogens is 620 g/mol. The van der Waals surface area contributed by atoms with Crippen molar-refractivity contribution in [3.8, 4) is 0 Å². The van der Waals surface area contributed by atoms with E-state index in [9.17, 15) is 29.1 Å². The smallest absolute Gasteiger partial charge is 0.411 e. The van der Waals surface area contributed by atoms with Gasteiger partial charge in [0.15, 0.2) is 5.69 Å². The molecule has 3 heterocycles. The maximum Gasteiger partial charge on any atom is 0.411 e. The molecule has 4 rings (SSSR count). The number of hydrogen-bond donors (Lipinski definition) is 3. The summed E-state index contributed by atoms with van der Waals surface area (Å²) in [5.74, 6) is -2.87. The molecule has 0 spiro atoms. The predicted octanol–water partition coefficient (Wildman–Crippen LogP) is 3.76. The number of carbonyl (C=O) groups excluding carboxylic acids is 5. The van der Waals surface area contributed by atoms with E-state index >= 15 is 0 Å². The second-order valence-electron chi connectivity index (χ2n) is 12.0. The van der Waals surface area contributed by atoms with E-state index < -0.39 is 48.1 Å². The molecule has 2 bridgehead atoms. The predicted molar refractivity (Wildman–Crippen MR) is 175 cm³/mol. The van der Waals surface area contributed by atoms with Crippen molar-refractivity contribution in [3.63, 3.8) is 0 Å². The molecule has 0 unspecified atom stereocenters. The molecule has 0 saturated carbocycles. The van der Waals surface area contributed by atoms with Crippen molar-refractivity contribution < 1.29 is 43.0 Å². The summed E-state index contributed by atoms with van der Waals surface area (Å²) < 4.78 is 16.8. The minimum atomic E-state index is -1.05. The monoisotopic (exact) mass is 662 g/mol. The number of nitrogens with one attached hydrogen (secondary N) is 2. The molecule has 5 atom stereocenters. The lowest BCUT2D eigenvalue weighted by Gasteiger charge is -2.30. The van der Waals surface area contributed by atoms with Gasteiger partial charge in [0, 0.05) is 37.0 Å². The normalized spacial score (nSPS) is 24.5. The average Bonchev–Trinajstić information content (AvgIpc) is 3.73. The Morgan fingerprint density at radius 2 is 1.96 bits per heavy atom. The first-order valence-electron chi connectivity index (χ1n) is 16.0. The second-order valence-corrected chi connectivity index (χ2v) is 12.0. The summed E-state index contributed by atoms with van der Waals surface area (Å²) in [6.07, 6.45) is 6.99. The summed E-state index contributed by atoms with van der Waals surface area (Å²) >= 11 is 0. The van der Waals surface area contributed by atoms with E-state index in [0.29, 0.717) is 24.1 Å². The second kappa shape index (κ2) is 17.2.